The van der Waals surface area contributed by atoms with Crippen LogP contribution in [0.2, 0.25) is 0 Å². The summed E-state index contributed by atoms with van der Waals surface area (Å²) in [5.41, 5.74) is 2.43. The van der Waals surface area contributed by atoms with E-state index < -0.39 is 0 Å². The first-order valence-electron chi connectivity index (χ1n) is 2.47. The molecule has 0 unspecified atom stereocenters. The van der Waals surface area contributed by atoms with Gasteiger partial charge in [0, 0.05) is 21.7 Å². The first-order chi connectivity index (χ1) is 3.18. The van der Waals surface area contributed by atoms with Crippen molar-refractivity contribution in [3.63, 3.8) is 0 Å². The molecule has 0 spiro atoms. The average molecular weight is 142 g/mol. The van der Waals surface area contributed by atoms with Crippen LogP contribution in [0.15, 0.2) is 23.7 Å². The van der Waals surface area contributed by atoms with Gasteiger partial charge in [-0.25, -0.2) is 0 Å². The maximum Gasteiger partial charge on any atom is 0.129 e. The van der Waals surface area contributed by atoms with Crippen molar-refractivity contribution in [1.82, 2.24) is 0 Å². The zero-order valence-corrected chi connectivity index (χ0v) is 7.35. The molecule has 0 radical (unpaired) electrons. The molecule has 0 saturated carbocycles. The van der Waals surface area contributed by atoms with Crippen LogP contribution >= 0.6 is 0 Å². The zero-order chi connectivity index (χ0) is 5.86. The number of rotatable bonds is 1. The summed E-state index contributed by atoms with van der Waals surface area (Å²) < 4.78 is 0. The Hall–Kier alpha value is 0.259. The van der Waals surface area contributed by atoms with E-state index in [1.807, 2.05) is 14.8 Å². The Kier molecular flexibility index (Phi) is 7.49. The Bertz CT molecular complexity index is 105. The molecule has 0 aliphatic rings. The summed E-state index contributed by atoms with van der Waals surface area (Å²) in [4.78, 5) is 0. The van der Waals surface area contributed by atoms with Gasteiger partial charge >= 0.3 is 0 Å². The quantitative estimate of drug-likeness (QED) is 0.379. The minimum absolute atomic E-state index is 0. The number of allylic oxidation sites excluding steroid dienone is 2. The van der Waals surface area contributed by atoms with Crippen LogP contribution in [-0.4, -0.2) is 7.85 Å². The second kappa shape index (κ2) is 5.40. The predicted molar refractivity (Wildman–Crippen MR) is 37.1 cm³/mol. The van der Waals surface area contributed by atoms with Crippen molar-refractivity contribution in [3.05, 3.63) is 23.7 Å². The van der Waals surface area contributed by atoms with Crippen LogP contribution in [0.1, 0.15) is 13.8 Å². The normalized spacial score (nSPS) is 10.0. The Labute approximate surface area is 67.3 Å². The molecule has 2 heteroatoms. The summed E-state index contributed by atoms with van der Waals surface area (Å²) in [7, 11) is 2.02. The number of hydrogen-bond acceptors (Lipinski definition) is 0. The van der Waals surface area contributed by atoms with Crippen LogP contribution in [0.3, 0.4) is 0 Å². The molecule has 0 atom stereocenters. The fraction of sp³-hybridized carbons (Fsp3) is 0.333. The molecule has 0 heterocycles. The molecule has 0 amide bonds. The van der Waals surface area contributed by atoms with E-state index in [1.54, 1.807) is 0 Å². The van der Waals surface area contributed by atoms with Crippen molar-refractivity contribution >= 4 is 7.85 Å². The van der Waals surface area contributed by atoms with Crippen LogP contribution in [0.5, 0.6) is 0 Å². The Balaban J connectivity index is 0. The minimum Gasteiger partial charge on any atom is -0.121 e. The molecule has 0 saturated heterocycles. The van der Waals surface area contributed by atoms with Gasteiger partial charge in [-0.2, -0.15) is 0 Å². The molecule has 0 N–H and O–H groups in total. The third-order valence-electron chi connectivity index (χ3n) is 1.11. The van der Waals surface area contributed by atoms with E-state index in [1.165, 1.54) is 5.57 Å². The fourth-order valence-corrected chi connectivity index (χ4v) is 0.246. The summed E-state index contributed by atoms with van der Waals surface area (Å²) in [6.45, 7) is 7.82. The van der Waals surface area contributed by atoms with Crippen molar-refractivity contribution < 1.29 is 21.7 Å². The van der Waals surface area contributed by atoms with Crippen molar-refractivity contribution in [2.45, 2.75) is 13.8 Å². The molecule has 0 aromatic carbocycles. The van der Waals surface area contributed by atoms with E-state index in [0.29, 0.717) is 0 Å². The van der Waals surface area contributed by atoms with E-state index in [4.69, 9.17) is 0 Å². The van der Waals surface area contributed by atoms with Gasteiger partial charge in [-0.15, -0.1) is 5.98 Å². The van der Waals surface area contributed by atoms with Gasteiger partial charge in [0.25, 0.3) is 0 Å². The smallest absolute Gasteiger partial charge is 0.121 e. The molecule has 0 fully saturated rings. The van der Waals surface area contributed by atoms with Gasteiger partial charge in [0.15, 0.2) is 0 Å². The molecule has 0 aliphatic carbocycles. The second-order valence-electron chi connectivity index (χ2n) is 1.75. The average Bonchev–Trinajstić information content (AvgIpc) is 1.65. The molecule has 0 rings (SSSR count). The Morgan fingerprint density at radius 2 is 1.88 bits per heavy atom. The summed E-state index contributed by atoms with van der Waals surface area (Å²) in [6.07, 6.45) is 0. The van der Waals surface area contributed by atoms with E-state index in [9.17, 15) is 0 Å². The molecular weight excluding hydrogens is 131 g/mol. The summed E-state index contributed by atoms with van der Waals surface area (Å²) >= 11 is 0. The third kappa shape index (κ3) is 4.42. The zero-order valence-electron chi connectivity index (χ0n) is 5.78. The number of hydrogen-bond donors (Lipinski definition) is 0. The van der Waals surface area contributed by atoms with Crippen molar-refractivity contribution in [1.29, 1.82) is 0 Å². The SMILES string of the molecule is BC=C(C)C(=C)C.[Ti]. The fourth-order valence-electron chi connectivity index (χ4n) is 0.246. The standard InChI is InChI=1S/C6H11B.Ti/c1-5(2)6(3)4-7;/h4H,1,7H2,2-3H3;. The second-order valence-corrected chi connectivity index (χ2v) is 1.75. The minimum atomic E-state index is 0. The van der Waals surface area contributed by atoms with Crippen LogP contribution in [0.25, 0.3) is 0 Å². The van der Waals surface area contributed by atoms with Crippen LogP contribution < -0.4 is 0 Å². The molecule has 8 heavy (non-hydrogen) atoms. The van der Waals surface area contributed by atoms with Crippen molar-refractivity contribution in [2.75, 3.05) is 0 Å². The summed E-state index contributed by atoms with van der Waals surface area (Å²) in [6, 6.07) is 0. The first kappa shape index (κ1) is 11.1. The largest absolute Gasteiger partial charge is 0.129 e. The molecule has 42 valence electrons. The van der Waals surface area contributed by atoms with E-state index in [2.05, 4.69) is 19.5 Å². The maximum atomic E-state index is 3.76. The van der Waals surface area contributed by atoms with Gasteiger partial charge < -0.3 is 0 Å². The van der Waals surface area contributed by atoms with Gasteiger partial charge in [-0.3, -0.25) is 0 Å². The van der Waals surface area contributed by atoms with Gasteiger partial charge in [0.1, 0.15) is 7.85 Å². The monoisotopic (exact) mass is 142 g/mol. The molecule has 0 aliphatic heterocycles. The first-order valence-corrected chi connectivity index (χ1v) is 2.47. The Morgan fingerprint density at radius 1 is 1.50 bits per heavy atom. The predicted octanol–water partition coefficient (Wildman–Crippen LogP) is 1.10. The van der Waals surface area contributed by atoms with Gasteiger partial charge in [-0.1, -0.05) is 17.7 Å². The molecular formula is C6H11BTi. The summed E-state index contributed by atoms with van der Waals surface area (Å²) in [5.74, 6) is 2.06. The third-order valence-corrected chi connectivity index (χ3v) is 1.11. The van der Waals surface area contributed by atoms with E-state index >= 15 is 0 Å². The Morgan fingerprint density at radius 3 is 1.88 bits per heavy atom. The van der Waals surface area contributed by atoms with Gasteiger partial charge in [0.05, 0.1) is 0 Å². The topological polar surface area (TPSA) is 0 Å². The van der Waals surface area contributed by atoms with Crippen molar-refractivity contribution in [2.24, 2.45) is 0 Å². The van der Waals surface area contributed by atoms with E-state index in [0.717, 1.165) is 5.57 Å². The molecule has 0 bridgehead atoms. The van der Waals surface area contributed by atoms with Gasteiger partial charge in [0.2, 0.25) is 0 Å². The van der Waals surface area contributed by atoms with Gasteiger partial charge in [-0.05, 0) is 13.8 Å². The van der Waals surface area contributed by atoms with Crippen LogP contribution in [-0.2, 0) is 21.7 Å². The molecule has 0 aromatic heterocycles. The van der Waals surface area contributed by atoms with Crippen molar-refractivity contribution in [3.8, 4) is 0 Å². The summed E-state index contributed by atoms with van der Waals surface area (Å²) in [5, 5.41) is 0. The maximum absolute atomic E-state index is 3.76. The van der Waals surface area contributed by atoms with Crippen LogP contribution in [0.4, 0.5) is 0 Å². The van der Waals surface area contributed by atoms with E-state index in [-0.39, 0.29) is 21.7 Å². The molecule has 0 nitrogen and oxygen atoms in total. The molecule has 0 aromatic rings. The van der Waals surface area contributed by atoms with Crippen LogP contribution in [0, 0.1) is 0 Å².